The second kappa shape index (κ2) is 4.21. The van der Waals surface area contributed by atoms with Crippen LogP contribution in [0, 0.1) is 0 Å². The Bertz CT molecular complexity index is 819. The Morgan fingerprint density at radius 3 is 3.00 bits per heavy atom. The van der Waals surface area contributed by atoms with E-state index in [4.69, 9.17) is 0 Å². The van der Waals surface area contributed by atoms with Crippen molar-refractivity contribution in [3.63, 3.8) is 0 Å². The molecule has 2 aromatic heterocycles. The molecule has 3 heterocycles. The fourth-order valence-electron chi connectivity index (χ4n) is 2.65. The fourth-order valence-corrected chi connectivity index (χ4v) is 2.65. The van der Waals surface area contributed by atoms with Crippen LogP contribution in [0.15, 0.2) is 48.8 Å². The molecular formula is C16H13N3O. The van der Waals surface area contributed by atoms with Crippen molar-refractivity contribution >= 4 is 28.4 Å². The largest absolute Gasteiger partial charge is 0.369 e. The van der Waals surface area contributed by atoms with Gasteiger partial charge in [0.05, 0.1) is 0 Å². The summed E-state index contributed by atoms with van der Waals surface area (Å²) < 4.78 is 0. The van der Waals surface area contributed by atoms with Crippen LogP contribution in [0.3, 0.4) is 0 Å². The van der Waals surface area contributed by atoms with Gasteiger partial charge < -0.3 is 15.4 Å². The molecule has 3 N–H and O–H groups in total. The molecule has 3 aromatic rings. The molecular weight excluding hydrogens is 250 g/mol. The Kier molecular flexibility index (Phi) is 2.37. The first-order valence-electron chi connectivity index (χ1n) is 6.50. The topological polar surface area (TPSA) is 60.9 Å². The maximum atomic E-state index is 10.2. The van der Waals surface area contributed by atoms with E-state index in [-0.39, 0.29) is 0 Å². The first-order valence-corrected chi connectivity index (χ1v) is 6.50. The van der Waals surface area contributed by atoms with Crippen molar-refractivity contribution in [1.82, 2.24) is 9.97 Å². The summed E-state index contributed by atoms with van der Waals surface area (Å²) in [6.07, 6.45) is 5.01. The zero-order chi connectivity index (χ0) is 13.5. The Morgan fingerprint density at radius 2 is 2.05 bits per heavy atom. The highest BCUT2D eigenvalue weighted by Gasteiger charge is 2.23. The summed E-state index contributed by atoms with van der Waals surface area (Å²) in [5.74, 6) is 0. The van der Waals surface area contributed by atoms with Crippen LogP contribution in [0.2, 0.25) is 0 Å². The smallest absolute Gasteiger partial charge is 0.151 e. The highest BCUT2D eigenvalue weighted by molar-refractivity contribution is 5.98. The lowest BCUT2D eigenvalue weighted by Gasteiger charge is -2.04. The standard InChI is InChI=1S/C16H13N3O/c20-16-13(12-4-1-2-6-14(12)19-16)8-10-9-18-15-11(10)5-3-7-17-15/h1-9,16,19-20H,(H,17,18). The summed E-state index contributed by atoms with van der Waals surface area (Å²) in [5, 5.41) is 14.3. The second-order valence-electron chi connectivity index (χ2n) is 4.84. The Morgan fingerprint density at radius 1 is 1.15 bits per heavy atom. The van der Waals surface area contributed by atoms with Gasteiger partial charge in [-0.1, -0.05) is 18.2 Å². The molecule has 1 aromatic carbocycles. The molecule has 4 rings (SSSR count). The zero-order valence-electron chi connectivity index (χ0n) is 10.7. The van der Waals surface area contributed by atoms with Gasteiger partial charge in [-0.3, -0.25) is 0 Å². The minimum Gasteiger partial charge on any atom is -0.369 e. The lowest BCUT2D eigenvalue weighted by Crippen LogP contribution is -2.12. The van der Waals surface area contributed by atoms with Crippen LogP contribution in [-0.2, 0) is 0 Å². The predicted octanol–water partition coefficient (Wildman–Crippen LogP) is 2.85. The van der Waals surface area contributed by atoms with Gasteiger partial charge in [0.15, 0.2) is 6.23 Å². The molecule has 1 aliphatic rings. The number of hydrogen-bond donors (Lipinski definition) is 3. The lowest BCUT2D eigenvalue weighted by molar-refractivity contribution is 0.266. The summed E-state index contributed by atoms with van der Waals surface area (Å²) in [6, 6.07) is 11.8. The highest BCUT2D eigenvalue weighted by Crippen LogP contribution is 2.35. The minimum atomic E-state index is -0.672. The predicted molar refractivity (Wildman–Crippen MR) is 80.0 cm³/mol. The van der Waals surface area contributed by atoms with Crippen molar-refractivity contribution in [2.24, 2.45) is 0 Å². The lowest BCUT2D eigenvalue weighted by atomic mass is 10.0. The summed E-state index contributed by atoms with van der Waals surface area (Å²) >= 11 is 0. The number of hydrogen-bond acceptors (Lipinski definition) is 3. The fraction of sp³-hybridized carbons (Fsp3) is 0.0625. The Hall–Kier alpha value is -2.59. The molecule has 0 fully saturated rings. The van der Waals surface area contributed by atoms with Crippen LogP contribution in [0.5, 0.6) is 0 Å². The van der Waals surface area contributed by atoms with Crippen LogP contribution in [0.25, 0.3) is 22.7 Å². The number of aliphatic hydroxyl groups is 1. The molecule has 1 atom stereocenters. The van der Waals surface area contributed by atoms with Gasteiger partial charge in [0.25, 0.3) is 0 Å². The van der Waals surface area contributed by atoms with Gasteiger partial charge in [0.2, 0.25) is 0 Å². The van der Waals surface area contributed by atoms with Gasteiger partial charge in [0, 0.05) is 40.2 Å². The number of nitrogens with one attached hydrogen (secondary N) is 2. The maximum Gasteiger partial charge on any atom is 0.151 e. The third-order valence-electron chi connectivity index (χ3n) is 3.62. The number of nitrogens with zero attached hydrogens (tertiary/aromatic N) is 1. The number of fused-ring (bicyclic) bond motifs is 2. The normalized spacial score (nSPS) is 19.2. The van der Waals surface area contributed by atoms with Crippen molar-refractivity contribution in [3.05, 3.63) is 59.9 Å². The van der Waals surface area contributed by atoms with Crippen LogP contribution < -0.4 is 5.32 Å². The third-order valence-corrected chi connectivity index (χ3v) is 3.62. The molecule has 0 bridgehead atoms. The first-order chi connectivity index (χ1) is 9.83. The highest BCUT2D eigenvalue weighted by atomic mass is 16.3. The SMILES string of the molecule is OC1Nc2ccccc2C1=Cc1c[nH]c2ncccc12. The molecule has 0 amide bonds. The number of pyridine rings is 1. The van der Waals surface area contributed by atoms with E-state index in [2.05, 4.69) is 15.3 Å². The van der Waals surface area contributed by atoms with E-state index in [0.29, 0.717) is 0 Å². The number of anilines is 1. The number of para-hydroxylation sites is 1. The summed E-state index contributed by atoms with van der Waals surface area (Å²) in [5.41, 5.74) is 4.77. The second-order valence-corrected chi connectivity index (χ2v) is 4.84. The van der Waals surface area contributed by atoms with E-state index in [0.717, 1.165) is 33.4 Å². The molecule has 98 valence electrons. The number of aliphatic hydroxyl groups excluding tert-OH is 1. The maximum absolute atomic E-state index is 10.2. The number of benzene rings is 1. The molecule has 4 heteroatoms. The van der Waals surface area contributed by atoms with Gasteiger partial charge in [-0.05, 0) is 24.3 Å². The Labute approximate surface area is 115 Å². The minimum absolute atomic E-state index is 0.672. The molecule has 20 heavy (non-hydrogen) atoms. The van der Waals surface area contributed by atoms with E-state index < -0.39 is 6.23 Å². The number of aromatic amines is 1. The summed E-state index contributed by atoms with van der Waals surface area (Å²) in [6.45, 7) is 0. The average molecular weight is 263 g/mol. The monoisotopic (exact) mass is 263 g/mol. The van der Waals surface area contributed by atoms with Crippen molar-refractivity contribution in [2.75, 3.05) is 5.32 Å². The van der Waals surface area contributed by atoms with E-state index >= 15 is 0 Å². The van der Waals surface area contributed by atoms with E-state index in [1.807, 2.05) is 48.7 Å². The van der Waals surface area contributed by atoms with Gasteiger partial charge in [0.1, 0.15) is 5.65 Å². The van der Waals surface area contributed by atoms with Crippen LogP contribution in [0.4, 0.5) is 5.69 Å². The molecule has 0 saturated heterocycles. The van der Waals surface area contributed by atoms with Gasteiger partial charge >= 0.3 is 0 Å². The van der Waals surface area contributed by atoms with E-state index in [1.165, 1.54) is 0 Å². The average Bonchev–Trinajstić information content (AvgIpc) is 3.02. The third kappa shape index (κ3) is 1.62. The molecule has 4 nitrogen and oxygen atoms in total. The Balaban J connectivity index is 1.88. The molecule has 0 radical (unpaired) electrons. The van der Waals surface area contributed by atoms with Gasteiger partial charge in [-0.15, -0.1) is 0 Å². The molecule has 0 spiro atoms. The van der Waals surface area contributed by atoms with E-state index in [1.54, 1.807) is 6.20 Å². The summed E-state index contributed by atoms with van der Waals surface area (Å²) in [4.78, 5) is 7.42. The van der Waals surface area contributed by atoms with Crippen molar-refractivity contribution in [3.8, 4) is 0 Å². The van der Waals surface area contributed by atoms with E-state index in [9.17, 15) is 5.11 Å². The number of H-pyrrole nitrogens is 1. The molecule has 1 unspecified atom stereocenters. The van der Waals surface area contributed by atoms with Crippen molar-refractivity contribution in [1.29, 1.82) is 0 Å². The number of rotatable bonds is 1. The van der Waals surface area contributed by atoms with Crippen LogP contribution in [-0.4, -0.2) is 21.3 Å². The van der Waals surface area contributed by atoms with Gasteiger partial charge in [-0.2, -0.15) is 0 Å². The molecule has 0 saturated carbocycles. The van der Waals surface area contributed by atoms with Crippen molar-refractivity contribution in [2.45, 2.75) is 6.23 Å². The van der Waals surface area contributed by atoms with Crippen LogP contribution in [0.1, 0.15) is 11.1 Å². The molecule has 0 aliphatic carbocycles. The zero-order valence-corrected chi connectivity index (χ0v) is 10.7. The quantitative estimate of drug-likeness (QED) is 0.632. The van der Waals surface area contributed by atoms with Crippen molar-refractivity contribution < 1.29 is 5.11 Å². The first kappa shape index (κ1) is 11.3. The van der Waals surface area contributed by atoms with Crippen LogP contribution >= 0.6 is 0 Å². The molecule has 1 aliphatic heterocycles. The van der Waals surface area contributed by atoms with Gasteiger partial charge in [-0.25, -0.2) is 4.98 Å². The number of aromatic nitrogens is 2. The summed E-state index contributed by atoms with van der Waals surface area (Å²) in [7, 11) is 0.